The Kier molecular flexibility index (Phi) is 2.88. The summed E-state index contributed by atoms with van der Waals surface area (Å²) < 4.78 is 0. The molecule has 1 N–H and O–H groups in total. The number of nitrogens with zero attached hydrogens (tertiary/aromatic N) is 2. The molecule has 5 nitrogen and oxygen atoms in total. The normalized spacial score (nSPS) is 9.81. The minimum atomic E-state index is -0.446. The summed E-state index contributed by atoms with van der Waals surface area (Å²) in [7, 11) is 0. The van der Waals surface area contributed by atoms with E-state index in [4.69, 9.17) is 0 Å². The monoisotopic (exact) mass is 279 g/mol. The Morgan fingerprint density at radius 1 is 1.56 bits per heavy atom. The second kappa shape index (κ2) is 4.33. The Morgan fingerprint density at radius 2 is 2.38 bits per heavy atom. The Balaban J connectivity index is 2.54. The minimum absolute atomic E-state index is 0.0269. The fourth-order valence-corrected chi connectivity index (χ4v) is 1.47. The van der Waals surface area contributed by atoms with Gasteiger partial charge in [0.1, 0.15) is 11.2 Å². The van der Waals surface area contributed by atoms with Crippen LogP contribution in [0.1, 0.15) is 5.69 Å². The van der Waals surface area contributed by atoms with Crippen molar-refractivity contribution in [3.05, 3.63) is 34.0 Å². The number of aromatic amines is 1. The molecule has 0 aliphatic heterocycles. The zero-order chi connectivity index (χ0) is 11.5. The van der Waals surface area contributed by atoms with Gasteiger partial charge in [-0.2, -0.15) is 5.10 Å². The Hall–Kier alpha value is -1.87. The summed E-state index contributed by atoms with van der Waals surface area (Å²) in [6.45, 7) is 0. The van der Waals surface area contributed by atoms with Gasteiger partial charge in [0, 0.05) is 17.5 Å². The summed E-state index contributed by atoms with van der Waals surface area (Å²) in [5.74, 6) is 5.72. The van der Waals surface area contributed by atoms with E-state index >= 15 is 0 Å². The number of aromatic nitrogens is 2. The van der Waals surface area contributed by atoms with Crippen molar-refractivity contribution < 1.29 is 4.92 Å². The second-order valence-corrected chi connectivity index (χ2v) is 3.55. The molecule has 1 heterocycles. The molecule has 0 unspecified atom stereocenters. The first kappa shape index (κ1) is 10.6. The smallest absolute Gasteiger partial charge is 0.269 e. The molecule has 6 heteroatoms. The van der Waals surface area contributed by atoms with Crippen LogP contribution in [0.5, 0.6) is 0 Å². The summed E-state index contributed by atoms with van der Waals surface area (Å²) in [6.07, 6.45) is 0. The number of nitro benzene ring substituents is 1. The van der Waals surface area contributed by atoms with Gasteiger partial charge in [0.15, 0.2) is 0 Å². The number of nitro groups is 1. The minimum Gasteiger partial charge on any atom is -0.269 e. The van der Waals surface area contributed by atoms with Gasteiger partial charge in [0.2, 0.25) is 0 Å². The SMILES string of the molecule is O=[N+]([O-])c1ccc2c(C#CCBr)[nH]nc2c1. The van der Waals surface area contributed by atoms with Gasteiger partial charge in [-0.05, 0) is 12.0 Å². The lowest BCUT2D eigenvalue weighted by Crippen LogP contribution is -1.86. The van der Waals surface area contributed by atoms with Gasteiger partial charge < -0.3 is 0 Å². The lowest BCUT2D eigenvalue weighted by atomic mass is 10.2. The molecule has 1 aromatic heterocycles. The van der Waals surface area contributed by atoms with Crippen molar-refractivity contribution in [2.45, 2.75) is 0 Å². The number of hydrogen-bond acceptors (Lipinski definition) is 3. The molecule has 0 amide bonds. The standard InChI is InChI=1S/C10H6BrN3O2/c11-5-1-2-9-8-4-3-7(14(15)16)6-10(8)13-12-9/h3-4,6H,5H2,(H,12,13). The highest BCUT2D eigenvalue weighted by molar-refractivity contribution is 9.09. The van der Waals surface area contributed by atoms with E-state index in [1.807, 2.05) is 0 Å². The van der Waals surface area contributed by atoms with Crippen molar-refractivity contribution in [1.29, 1.82) is 0 Å². The highest BCUT2D eigenvalue weighted by atomic mass is 79.9. The third kappa shape index (κ3) is 1.90. The van der Waals surface area contributed by atoms with Gasteiger partial charge in [-0.1, -0.05) is 21.9 Å². The molecule has 2 rings (SSSR count). The van der Waals surface area contributed by atoms with E-state index in [0.717, 1.165) is 5.39 Å². The van der Waals surface area contributed by atoms with Crippen molar-refractivity contribution in [3.63, 3.8) is 0 Å². The topological polar surface area (TPSA) is 71.8 Å². The molecule has 16 heavy (non-hydrogen) atoms. The molecule has 0 fully saturated rings. The van der Waals surface area contributed by atoms with Gasteiger partial charge in [-0.3, -0.25) is 15.2 Å². The first-order valence-corrected chi connectivity index (χ1v) is 5.52. The molecule has 0 saturated carbocycles. The number of alkyl halides is 1. The average molecular weight is 280 g/mol. The molecule has 0 aliphatic carbocycles. The summed E-state index contributed by atoms with van der Waals surface area (Å²) in [5.41, 5.74) is 1.25. The molecule has 0 atom stereocenters. The van der Waals surface area contributed by atoms with Gasteiger partial charge in [0.05, 0.1) is 10.3 Å². The molecule has 0 spiro atoms. The number of H-pyrrole nitrogens is 1. The van der Waals surface area contributed by atoms with Gasteiger partial charge in [-0.25, -0.2) is 0 Å². The third-order valence-electron chi connectivity index (χ3n) is 2.03. The first-order chi connectivity index (χ1) is 7.72. The maximum Gasteiger partial charge on any atom is 0.271 e. The van der Waals surface area contributed by atoms with Crippen LogP contribution in [0.3, 0.4) is 0 Å². The van der Waals surface area contributed by atoms with Crippen LogP contribution >= 0.6 is 15.9 Å². The maximum absolute atomic E-state index is 10.6. The molecule has 0 saturated heterocycles. The maximum atomic E-state index is 10.6. The summed E-state index contributed by atoms with van der Waals surface area (Å²) in [5, 5.41) is 18.6. The number of fused-ring (bicyclic) bond motifs is 1. The van der Waals surface area contributed by atoms with Crippen LogP contribution in [-0.4, -0.2) is 20.5 Å². The zero-order valence-corrected chi connectivity index (χ0v) is 9.61. The largest absolute Gasteiger partial charge is 0.271 e. The quantitative estimate of drug-likeness (QED) is 0.377. The van der Waals surface area contributed by atoms with E-state index in [1.54, 1.807) is 6.07 Å². The van der Waals surface area contributed by atoms with E-state index in [9.17, 15) is 10.1 Å². The molecule has 2 aromatic rings. The molecular weight excluding hydrogens is 274 g/mol. The van der Waals surface area contributed by atoms with Crippen LogP contribution < -0.4 is 0 Å². The van der Waals surface area contributed by atoms with Crippen molar-refractivity contribution >= 4 is 32.5 Å². The molecular formula is C10H6BrN3O2. The molecule has 1 aromatic carbocycles. The number of hydrogen-bond donors (Lipinski definition) is 1. The zero-order valence-electron chi connectivity index (χ0n) is 8.03. The number of benzene rings is 1. The summed E-state index contributed by atoms with van der Waals surface area (Å²) >= 11 is 3.19. The van der Waals surface area contributed by atoms with Crippen LogP contribution in [-0.2, 0) is 0 Å². The fraction of sp³-hybridized carbons (Fsp3) is 0.100. The molecule has 0 bridgehead atoms. The highest BCUT2D eigenvalue weighted by Crippen LogP contribution is 2.20. The van der Waals surface area contributed by atoms with Gasteiger partial charge in [0.25, 0.3) is 5.69 Å². The lowest BCUT2D eigenvalue weighted by molar-refractivity contribution is -0.384. The molecule has 0 radical (unpaired) electrons. The van der Waals surface area contributed by atoms with E-state index in [2.05, 4.69) is 38.0 Å². The predicted octanol–water partition coefficient (Wildman–Crippen LogP) is 2.22. The van der Waals surface area contributed by atoms with E-state index < -0.39 is 4.92 Å². The number of non-ortho nitro benzene ring substituents is 1. The Morgan fingerprint density at radius 3 is 3.06 bits per heavy atom. The summed E-state index contributed by atoms with van der Waals surface area (Å²) in [4.78, 5) is 10.1. The van der Waals surface area contributed by atoms with Crippen molar-refractivity contribution in [2.24, 2.45) is 0 Å². The fourth-order valence-electron chi connectivity index (χ4n) is 1.33. The van der Waals surface area contributed by atoms with E-state index in [1.165, 1.54) is 12.1 Å². The number of rotatable bonds is 1. The highest BCUT2D eigenvalue weighted by Gasteiger charge is 2.09. The third-order valence-corrected chi connectivity index (χ3v) is 2.31. The number of nitrogens with one attached hydrogen (secondary N) is 1. The first-order valence-electron chi connectivity index (χ1n) is 4.39. The Labute approximate surface area is 99.1 Å². The van der Waals surface area contributed by atoms with E-state index in [0.29, 0.717) is 16.5 Å². The van der Waals surface area contributed by atoms with Crippen molar-refractivity contribution in [3.8, 4) is 11.8 Å². The summed E-state index contributed by atoms with van der Waals surface area (Å²) in [6, 6.07) is 4.51. The molecule has 0 aliphatic rings. The van der Waals surface area contributed by atoms with Crippen LogP contribution in [0.4, 0.5) is 5.69 Å². The van der Waals surface area contributed by atoms with Crippen LogP contribution in [0.2, 0.25) is 0 Å². The lowest BCUT2D eigenvalue weighted by Gasteiger charge is -1.90. The Bertz CT molecular complexity index is 609. The predicted molar refractivity (Wildman–Crippen MR) is 63.4 cm³/mol. The van der Waals surface area contributed by atoms with Crippen molar-refractivity contribution in [1.82, 2.24) is 10.2 Å². The van der Waals surface area contributed by atoms with Crippen LogP contribution in [0.25, 0.3) is 10.9 Å². The van der Waals surface area contributed by atoms with Gasteiger partial charge >= 0.3 is 0 Å². The average Bonchev–Trinajstić information content (AvgIpc) is 2.68. The van der Waals surface area contributed by atoms with Gasteiger partial charge in [-0.15, -0.1) is 0 Å². The molecule has 80 valence electrons. The number of halogens is 1. The second-order valence-electron chi connectivity index (χ2n) is 2.99. The van der Waals surface area contributed by atoms with Crippen molar-refractivity contribution in [2.75, 3.05) is 5.33 Å². The van der Waals surface area contributed by atoms with Crippen LogP contribution in [0, 0.1) is 22.0 Å². The van der Waals surface area contributed by atoms with E-state index in [-0.39, 0.29) is 5.69 Å². The van der Waals surface area contributed by atoms with Crippen LogP contribution in [0.15, 0.2) is 18.2 Å².